The van der Waals surface area contributed by atoms with Crippen molar-refractivity contribution < 1.29 is 4.79 Å². The van der Waals surface area contributed by atoms with Gasteiger partial charge in [0.25, 0.3) is 0 Å². The Morgan fingerprint density at radius 3 is 2.64 bits per heavy atom. The first-order valence-corrected chi connectivity index (χ1v) is 8.77. The van der Waals surface area contributed by atoms with Crippen molar-refractivity contribution in [3.05, 3.63) is 33.8 Å². The summed E-state index contributed by atoms with van der Waals surface area (Å²) in [4.78, 5) is 14.3. The van der Waals surface area contributed by atoms with Crippen molar-refractivity contribution in [2.45, 2.75) is 44.9 Å². The molecule has 1 saturated heterocycles. The van der Waals surface area contributed by atoms with Crippen molar-refractivity contribution in [2.24, 2.45) is 5.41 Å². The second-order valence-electron chi connectivity index (χ2n) is 6.73. The summed E-state index contributed by atoms with van der Waals surface area (Å²) in [7, 11) is 0. The number of carbonyl (C=O) groups excluding carboxylic acids is 1. The van der Waals surface area contributed by atoms with E-state index < -0.39 is 0 Å². The molecule has 1 saturated carbocycles. The molecule has 3 nitrogen and oxygen atoms in total. The van der Waals surface area contributed by atoms with E-state index >= 15 is 0 Å². The largest absolute Gasteiger partial charge is 0.343 e. The van der Waals surface area contributed by atoms with E-state index in [1.807, 2.05) is 4.90 Å². The fourth-order valence-electron chi connectivity index (χ4n) is 3.26. The summed E-state index contributed by atoms with van der Waals surface area (Å²) >= 11 is 3.54. The number of carbonyl (C=O) groups is 1. The number of amides is 1. The molecule has 3 rings (SSSR count). The summed E-state index contributed by atoms with van der Waals surface area (Å²) < 4.78 is 1.15. The second-order valence-corrected chi connectivity index (χ2v) is 7.59. The van der Waals surface area contributed by atoms with Crippen LogP contribution < -0.4 is 0 Å². The van der Waals surface area contributed by atoms with Crippen LogP contribution in [0.1, 0.15) is 49.1 Å². The van der Waals surface area contributed by atoms with Gasteiger partial charge in [0.05, 0.1) is 11.5 Å². The van der Waals surface area contributed by atoms with E-state index in [-0.39, 0.29) is 11.3 Å². The maximum absolute atomic E-state index is 12.3. The molecule has 1 aliphatic carbocycles. The van der Waals surface area contributed by atoms with Crippen LogP contribution in [-0.4, -0.2) is 23.9 Å². The van der Waals surface area contributed by atoms with Crippen LogP contribution >= 0.6 is 15.9 Å². The van der Waals surface area contributed by atoms with Gasteiger partial charge < -0.3 is 4.90 Å². The molecule has 2 aliphatic rings. The van der Waals surface area contributed by atoms with Crippen molar-refractivity contribution >= 4 is 21.8 Å². The average molecular weight is 361 g/mol. The second kappa shape index (κ2) is 6.04. The standard InChI is InChI=1S/C18H21BrN2O/c1-13-10-15(2-3-16(13)19)14-4-8-21(9-5-14)17(22)11-18(12-20)6-7-18/h2-3,10,14H,4-9,11H2,1H3. The molecule has 0 spiro atoms. The Kier molecular flexibility index (Phi) is 4.27. The number of likely N-dealkylation sites (tertiary alicyclic amines) is 1. The van der Waals surface area contributed by atoms with Crippen molar-refractivity contribution in [3.8, 4) is 6.07 Å². The lowest BCUT2D eigenvalue weighted by atomic mass is 9.88. The average Bonchev–Trinajstić information content (AvgIpc) is 3.30. The highest BCUT2D eigenvalue weighted by molar-refractivity contribution is 9.10. The van der Waals surface area contributed by atoms with Gasteiger partial charge in [-0.05, 0) is 55.7 Å². The molecule has 1 amide bonds. The first-order chi connectivity index (χ1) is 10.5. The lowest BCUT2D eigenvalue weighted by Gasteiger charge is -2.33. The quantitative estimate of drug-likeness (QED) is 0.812. The maximum Gasteiger partial charge on any atom is 0.224 e. The Bertz CT molecular complexity index is 622. The van der Waals surface area contributed by atoms with Gasteiger partial charge in [-0.15, -0.1) is 0 Å². The Balaban J connectivity index is 1.57. The van der Waals surface area contributed by atoms with Crippen molar-refractivity contribution in [1.29, 1.82) is 5.26 Å². The molecule has 1 aliphatic heterocycles. The number of piperidine rings is 1. The monoisotopic (exact) mass is 360 g/mol. The summed E-state index contributed by atoms with van der Waals surface area (Å²) in [6, 6.07) is 8.87. The highest BCUT2D eigenvalue weighted by atomic mass is 79.9. The van der Waals surface area contributed by atoms with Crippen molar-refractivity contribution in [3.63, 3.8) is 0 Å². The molecule has 116 valence electrons. The minimum atomic E-state index is -0.323. The van der Waals surface area contributed by atoms with Crippen LogP contribution in [0.2, 0.25) is 0 Å². The zero-order chi connectivity index (χ0) is 15.7. The van der Waals surface area contributed by atoms with Crippen molar-refractivity contribution in [2.75, 3.05) is 13.1 Å². The predicted octanol–water partition coefficient (Wildman–Crippen LogP) is 4.16. The smallest absolute Gasteiger partial charge is 0.224 e. The van der Waals surface area contributed by atoms with Gasteiger partial charge in [0, 0.05) is 24.0 Å². The fraction of sp³-hybridized carbons (Fsp3) is 0.556. The minimum Gasteiger partial charge on any atom is -0.343 e. The molecule has 0 aromatic heterocycles. The topological polar surface area (TPSA) is 44.1 Å². The summed E-state index contributed by atoms with van der Waals surface area (Å²) in [6.45, 7) is 3.75. The molecule has 22 heavy (non-hydrogen) atoms. The van der Waals surface area contributed by atoms with Gasteiger partial charge >= 0.3 is 0 Å². The summed E-state index contributed by atoms with van der Waals surface area (Å²) in [6.07, 6.45) is 4.25. The Hall–Kier alpha value is -1.34. The molecule has 0 bridgehead atoms. The number of halogens is 1. The maximum atomic E-state index is 12.3. The third-order valence-corrected chi connectivity index (χ3v) is 5.97. The number of nitrogens with zero attached hydrogens (tertiary/aromatic N) is 2. The van der Waals surface area contributed by atoms with Crippen LogP contribution in [0.25, 0.3) is 0 Å². The van der Waals surface area contributed by atoms with E-state index in [1.165, 1.54) is 11.1 Å². The van der Waals surface area contributed by atoms with E-state index in [0.29, 0.717) is 12.3 Å². The number of benzene rings is 1. The summed E-state index contributed by atoms with van der Waals surface area (Å²) in [5, 5.41) is 9.12. The van der Waals surface area contributed by atoms with Crippen LogP contribution in [0.5, 0.6) is 0 Å². The zero-order valence-electron chi connectivity index (χ0n) is 12.9. The van der Waals surface area contributed by atoms with Crippen LogP contribution in [0.15, 0.2) is 22.7 Å². The number of aryl methyl sites for hydroxylation is 1. The van der Waals surface area contributed by atoms with Gasteiger partial charge in [-0.1, -0.05) is 28.1 Å². The zero-order valence-corrected chi connectivity index (χ0v) is 14.5. The highest BCUT2D eigenvalue weighted by Gasteiger charge is 2.45. The molecule has 0 radical (unpaired) electrons. The molecule has 1 aromatic rings. The Labute approximate surface area is 140 Å². The highest BCUT2D eigenvalue weighted by Crippen LogP contribution is 2.48. The van der Waals surface area contributed by atoms with E-state index in [9.17, 15) is 4.79 Å². The van der Waals surface area contributed by atoms with Gasteiger partial charge in [-0.25, -0.2) is 0 Å². The first-order valence-electron chi connectivity index (χ1n) is 7.98. The van der Waals surface area contributed by atoms with Crippen molar-refractivity contribution in [1.82, 2.24) is 4.90 Å². The number of nitriles is 1. The van der Waals surface area contributed by atoms with Gasteiger partial charge in [0.15, 0.2) is 0 Å². The molecular formula is C18H21BrN2O. The Morgan fingerprint density at radius 1 is 1.41 bits per heavy atom. The third kappa shape index (κ3) is 3.20. The Morgan fingerprint density at radius 2 is 2.09 bits per heavy atom. The lowest BCUT2D eigenvalue weighted by Crippen LogP contribution is -2.38. The predicted molar refractivity (Wildman–Crippen MR) is 89.3 cm³/mol. The van der Waals surface area contributed by atoms with E-state index in [0.717, 1.165) is 43.2 Å². The van der Waals surface area contributed by atoms with Crippen LogP contribution in [0.3, 0.4) is 0 Å². The molecule has 1 heterocycles. The molecular weight excluding hydrogens is 340 g/mol. The van der Waals surface area contributed by atoms with E-state index in [1.54, 1.807) is 0 Å². The molecule has 4 heteroatoms. The molecule has 0 unspecified atom stereocenters. The molecule has 0 N–H and O–H groups in total. The number of rotatable bonds is 3. The fourth-order valence-corrected chi connectivity index (χ4v) is 3.51. The van der Waals surface area contributed by atoms with Gasteiger partial charge in [-0.2, -0.15) is 5.26 Å². The van der Waals surface area contributed by atoms with E-state index in [4.69, 9.17) is 5.26 Å². The van der Waals surface area contributed by atoms with Crippen LogP contribution in [0, 0.1) is 23.7 Å². The normalized spacial score (nSPS) is 20.5. The number of hydrogen-bond donors (Lipinski definition) is 0. The van der Waals surface area contributed by atoms with Crippen LogP contribution in [-0.2, 0) is 4.79 Å². The lowest BCUT2D eigenvalue weighted by molar-refractivity contribution is -0.133. The van der Waals surface area contributed by atoms with Gasteiger partial charge in [0.2, 0.25) is 5.91 Å². The first kappa shape index (κ1) is 15.6. The van der Waals surface area contributed by atoms with Crippen LogP contribution in [0.4, 0.5) is 0 Å². The minimum absolute atomic E-state index is 0.171. The van der Waals surface area contributed by atoms with E-state index in [2.05, 4.69) is 47.1 Å². The van der Waals surface area contributed by atoms with Gasteiger partial charge in [-0.3, -0.25) is 4.79 Å². The third-order valence-electron chi connectivity index (χ3n) is 5.08. The van der Waals surface area contributed by atoms with Gasteiger partial charge in [0.1, 0.15) is 0 Å². The molecule has 2 fully saturated rings. The SMILES string of the molecule is Cc1cc(C2CCN(C(=O)CC3(C#N)CC3)CC2)ccc1Br. The molecule has 0 atom stereocenters. The molecule has 1 aromatic carbocycles. The summed E-state index contributed by atoms with van der Waals surface area (Å²) in [5.41, 5.74) is 2.32. The number of hydrogen-bond acceptors (Lipinski definition) is 2. The summed E-state index contributed by atoms with van der Waals surface area (Å²) in [5.74, 6) is 0.714.